The van der Waals surface area contributed by atoms with Crippen LogP contribution in [0, 0.1) is 12.3 Å². The van der Waals surface area contributed by atoms with Crippen molar-refractivity contribution in [2.45, 2.75) is 57.4 Å². The van der Waals surface area contributed by atoms with Gasteiger partial charge in [0.05, 0.1) is 36.4 Å². The van der Waals surface area contributed by atoms with Gasteiger partial charge in [0.25, 0.3) is 10.0 Å². The summed E-state index contributed by atoms with van der Waals surface area (Å²) in [6.45, 7) is 6.86. The first-order valence-corrected chi connectivity index (χ1v) is 13.9. The number of nitrogens with zero attached hydrogens (tertiary/aromatic N) is 2. The van der Waals surface area contributed by atoms with Crippen molar-refractivity contribution in [2.75, 3.05) is 20.8 Å². The lowest BCUT2D eigenvalue weighted by atomic mass is 9.71. The maximum absolute atomic E-state index is 13.4. The lowest BCUT2D eigenvalue weighted by Gasteiger charge is -2.48. The van der Waals surface area contributed by atoms with Gasteiger partial charge in [-0.05, 0) is 60.6 Å². The van der Waals surface area contributed by atoms with Gasteiger partial charge in [-0.3, -0.25) is 4.79 Å². The van der Waals surface area contributed by atoms with E-state index in [4.69, 9.17) is 9.47 Å². The molecule has 2 heterocycles. The third kappa shape index (κ3) is 4.61. The van der Waals surface area contributed by atoms with Gasteiger partial charge in [0, 0.05) is 25.1 Å². The Morgan fingerprint density at radius 2 is 1.73 bits per heavy atom. The average Bonchev–Trinajstić information content (AvgIpc) is 2.85. The fraction of sp³-hybridized carbons (Fsp3) is 0.429. The van der Waals surface area contributed by atoms with Gasteiger partial charge in [0.2, 0.25) is 0 Å². The number of hydrogen-bond acceptors (Lipinski definition) is 7. The number of aryl methyl sites for hydroxylation is 1. The average molecular weight is 524 g/mol. The fourth-order valence-electron chi connectivity index (χ4n) is 5.70. The molecule has 0 unspecified atom stereocenters. The summed E-state index contributed by atoms with van der Waals surface area (Å²) in [6, 6.07) is 10.5. The molecule has 1 aliphatic carbocycles. The van der Waals surface area contributed by atoms with E-state index in [1.165, 1.54) is 0 Å². The highest BCUT2D eigenvalue weighted by molar-refractivity contribution is 7.89. The van der Waals surface area contributed by atoms with Gasteiger partial charge in [-0.2, -0.15) is 18.4 Å². The first-order chi connectivity index (χ1) is 17.5. The zero-order chi connectivity index (χ0) is 26.5. The number of fused-ring (bicyclic) bond motifs is 4. The molecule has 2 aromatic rings. The third-order valence-electron chi connectivity index (χ3n) is 7.51. The van der Waals surface area contributed by atoms with Gasteiger partial charge in [-0.1, -0.05) is 31.5 Å². The minimum absolute atomic E-state index is 0.0103. The highest BCUT2D eigenvalue weighted by Gasteiger charge is 2.44. The highest BCUT2D eigenvalue weighted by atomic mass is 32.2. The molecular weight excluding hydrogens is 490 g/mol. The van der Waals surface area contributed by atoms with Crippen molar-refractivity contribution in [3.05, 3.63) is 64.4 Å². The van der Waals surface area contributed by atoms with E-state index >= 15 is 0 Å². The Hall–Kier alpha value is -3.33. The second kappa shape index (κ2) is 9.20. The lowest BCUT2D eigenvalue weighted by molar-refractivity contribution is -0.118. The summed E-state index contributed by atoms with van der Waals surface area (Å²) in [4.78, 5) is 18.3. The van der Waals surface area contributed by atoms with Crippen LogP contribution in [0.4, 0.5) is 0 Å². The van der Waals surface area contributed by atoms with E-state index < -0.39 is 10.0 Å². The van der Waals surface area contributed by atoms with Gasteiger partial charge < -0.3 is 14.4 Å². The smallest absolute Gasteiger partial charge is 0.276 e. The van der Waals surface area contributed by atoms with Gasteiger partial charge in [-0.15, -0.1) is 0 Å². The van der Waals surface area contributed by atoms with Crippen LogP contribution in [-0.4, -0.2) is 45.6 Å². The number of rotatable bonds is 5. The number of carbonyl (C=O) groups is 1. The Bertz CT molecular complexity index is 1420. The molecule has 37 heavy (non-hydrogen) atoms. The summed E-state index contributed by atoms with van der Waals surface area (Å²) < 4.78 is 37.1. The van der Waals surface area contributed by atoms with Gasteiger partial charge in [0.1, 0.15) is 0 Å². The molecule has 1 atom stereocenters. The lowest BCUT2D eigenvalue weighted by Crippen LogP contribution is -2.46. The number of Topliss-reactive ketones (excluding diaryl/α,β-unsaturated/α-hetero) is 1. The van der Waals surface area contributed by atoms with E-state index in [1.54, 1.807) is 38.5 Å². The minimum atomic E-state index is -3.89. The first-order valence-electron chi connectivity index (χ1n) is 12.5. The number of methoxy groups -OCH3 is 2. The number of allylic oxidation sites excluding steroid dienone is 2. The summed E-state index contributed by atoms with van der Waals surface area (Å²) in [5, 5.41) is 4.39. The number of ketones is 1. The van der Waals surface area contributed by atoms with Crippen molar-refractivity contribution in [1.29, 1.82) is 0 Å². The normalized spacial score (nSPS) is 21.8. The van der Waals surface area contributed by atoms with Crippen molar-refractivity contribution in [3.8, 4) is 11.5 Å². The summed E-state index contributed by atoms with van der Waals surface area (Å²) in [7, 11) is -0.650. The molecule has 9 heteroatoms. The maximum atomic E-state index is 13.4. The molecule has 2 aromatic carbocycles. The minimum Gasteiger partial charge on any atom is -0.493 e. The third-order valence-corrected chi connectivity index (χ3v) is 8.73. The Morgan fingerprint density at radius 3 is 2.41 bits per heavy atom. The second-order valence-electron chi connectivity index (χ2n) is 10.8. The van der Waals surface area contributed by atoms with Gasteiger partial charge in [-0.25, -0.2) is 0 Å². The van der Waals surface area contributed by atoms with E-state index in [-0.39, 0.29) is 22.1 Å². The molecule has 1 N–H and O–H groups in total. The van der Waals surface area contributed by atoms with Crippen LogP contribution in [0.15, 0.2) is 57.7 Å². The van der Waals surface area contributed by atoms with Crippen LogP contribution in [0.3, 0.4) is 0 Å². The SMILES string of the molecule is COc1cc2c(cc1OC)[C@H]1CC(=NNS(=O)(=O)c3ccc(C)cc3)C3=C(CC(C)(C)CC3=O)N1CC2. The van der Waals surface area contributed by atoms with Crippen LogP contribution in [0.2, 0.25) is 0 Å². The number of hydrogen-bond donors (Lipinski definition) is 1. The molecule has 0 amide bonds. The number of nitrogens with one attached hydrogen (secondary N) is 1. The highest BCUT2D eigenvalue weighted by Crippen LogP contribution is 2.49. The molecule has 5 rings (SSSR count). The van der Waals surface area contributed by atoms with Crippen molar-refractivity contribution >= 4 is 21.5 Å². The largest absolute Gasteiger partial charge is 0.493 e. The molecule has 0 spiro atoms. The van der Waals surface area contributed by atoms with Crippen LogP contribution >= 0.6 is 0 Å². The van der Waals surface area contributed by atoms with E-state index in [2.05, 4.69) is 28.7 Å². The first kappa shape index (κ1) is 25.3. The van der Waals surface area contributed by atoms with Crippen molar-refractivity contribution in [1.82, 2.24) is 9.73 Å². The predicted octanol–water partition coefficient (Wildman–Crippen LogP) is 4.29. The van der Waals surface area contributed by atoms with E-state index in [1.807, 2.05) is 19.1 Å². The maximum Gasteiger partial charge on any atom is 0.276 e. The quantitative estimate of drug-likeness (QED) is 0.587. The van der Waals surface area contributed by atoms with Crippen LogP contribution in [0.25, 0.3) is 0 Å². The molecular formula is C28H33N3O5S. The zero-order valence-electron chi connectivity index (χ0n) is 21.9. The number of ether oxygens (including phenoxy) is 2. The number of hydrazone groups is 1. The molecule has 0 saturated heterocycles. The summed E-state index contributed by atoms with van der Waals surface area (Å²) in [5.74, 6) is 1.33. The fourth-order valence-corrected chi connectivity index (χ4v) is 6.53. The molecule has 8 nitrogen and oxygen atoms in total. The molecule has 0 fully saturated rings. The van der Waals surface area contributed by atoms with E-state index in [0.29, 0.717) is 35.6 Å². The Kier molecular flexibility index (Phi) is 6.30. The number of carbonyl (C=O) groups excluding carboxylic acids is 1. The molecule has 2 aliphatic heterocycles. The van der Waals surface area contributed by atoms with Crippen molar-refractivity contribution in [3.63, 3.8) is 0 Å². The molecule has 0 saturated carbocycles. The standard InChI is InChI=1S/C28H33N3O5S/c1-17-6-8-19(9-7-17)37(33,34)30-29-21-14-22-20-13-26(36-5)25(35-4)12-18(20)10-11-31(22)23-15-28(2,3)16-24(32)27(21)23/h6-9,12-13,22,30H,10-11,14-16H2,1-5H3/t22-/m1/s1. The van der Waals surface area contributed by atoms with Crippen molar-refractivity contribution < 1.29 is 22.7 Å². The number of sulfonamides is 1. The second-order valence-corrected chi connectivity index (χ2v) is 12.5. The van der Waals surface area contributed by atoms with Crippen LogP contribution in [0.5, 0.6) is 11.5 Å². The molecule has 0 radical (unpaired) electrons. The monoisotopic (exact) mass is 523 g/mol. The van der Waals surface area contributed by atoms with Gasteiger partial charge >= 0.3 is 0 Å². The van der Waals surface area contributed by atoms with E-state index in [0.717, 1.165) is 41.8 Å². The van der Waals surface area contributed by atoms with Crippen molar-refractivity contribution in [2.24, 2.45) is 10.5 Å². The molecule has 3 aliphatic rings. The van der Waals surface area contributed by atoms with Gasteiger partial charge in [0.15, 0.2) is 17.3 Å². The Labute approximate surface area is 218 Å². The Balaban J connectivity index is 1.59. The van der Waals surface area contributed by atoms with Crippen LogP contribution < -0.4 is 14.3 Å². The molecule has 196 valence electrons. The van der Waals surface area contributed by atoms with Crippen LogP contribution in [0.1, 0.15) is 55.8 Å². The topological polar surface area (TPSA) is 97.3 Å². The summed E-state index contributed by atoms with van der Waals surface area (Å²) in [6.07, 6.45) is 2.33. The zero-order valence-corrected chi connectivity index (χ0v) is 22.7. The van der Waals surface area contributed by atoms with E-state index in [9.17, 15) is 13.2 Å². The Morgan fingerprint density at radius 1 is 1.05 bits per heavy atom. The summed E-state index contributed by atoms with van der Waals surface area (Å²) in [5.41, 5.74) is 5.00. The number of benzene rings is 2. The summed E-state index contributed by atoms with van der Waals surface area (Å²) >= 11 is 0. The molecule has 0 bridgehead atoms. The molecule has 0 aromatic heterocycles. The van der Waals surface area contributed by atoms with Crippen LogP contribution in [-0.2, 0) is 21.2 Å². The predicted molar refractivity (Wildman–Crippen MR) is 141 cm³/mol.